The van der Waals surface area contributed by atoms with Crippen LogP contribution in [0.2, 0.25) is 0 Å². The number of carbonyl (C=O) groups is 1. The molecule has 1 aliphatic heterocycles. The molecule has 0 saturated heterocycles. The summed E-state index contributed by atoms with van der Waals surface area (Å²) in [6.45, 7) is -0.0902. The number of furan rings is 1. The molecular formula is C15H10N2O4S2. The zero-order valence-electron chi connectivity index (χ0n) is 11.7. The monoisotopic (exact) mass is 346 g/mol. The van der Waals surface area contributed by atoms with E-state index >= 15 is 0 Å². The van der Waals surface area contributed by atoms with E-state index in [4.69, 9.17) is 4.42 Å². The minimum atomic E-state index is -3.81. The van der Waals surface area contributed by atoms with Crippen LogP contribution in [0.15, 0.2) is 57.4 Å². The molecule has 0 N–H and O–H groups in total. The van der Waals surface area contributed by atoms with Crippen LogP contribution in [0.25, 0.3) is 10.8 Å². The van der Waals surface area contributed by atoms with Crippen LogP contribution in [0.3, 0.4) is 0 Å². The molecular weight excluding hydrogens is 336 g/mol. The van der Waals surface area contributed by atoms with Gasteiger partial charge in [-0.2, -0.15) is 0 Å². The summed E-state index contributed by atoms with van der Waals surface area (Å²) in [4.78, 5) is 16.7. The quantitative estimate of drug-likeness (QED) is 0.728. The lowest BCUT2D eigenvalue weighted by molar-refractivity contribution is 0.0864. The van der Waals surface area contributed by atoms with Gasteiger partial charge in [0.05, 0.1) is 24.1 Å². The zero-order valence-corrected chi connectivity index (χ0v) is 13.3. The highest BCUT2D eigenvalue weighted by atomic mass is 32.2. The molecule has 1 aliphatic rings. The Labute approximate surface area is 136 Å². The zero-order chi connectivity index (χ0) is 16.0. The van der Waals surface area contributed by atoms with E-state index in [1.165, 1.54) is 23.5 Å². The Bertz CT molecular complexity index is 990. The first-order chi connectivity index (χ1) is 11.1. The second-order valence-electron chi connectivity index (χ2n) is 4.93. The van der Waals surface area contributed by atoms with Crippen LogP contribution >= 0.6 is 11.3 Å². The van der Waals surface area contributed by atoms with Gasteiger partial charge in [0, 0.05) is 5.38 Å². The van der Waals surface area contributed by atoms with Crippen LogP contribution in [-0.2, 0) is 16.6 Å². The van der Waals surface area contributed by atoms with Gasteiger partial charge in [-0.15, -0.1) is 11.3 Å². The summed E-state index contributed by atoms with van der Waals surface area (Å²) < 4.78 is 31.1. The Kier molecular flexibility index (Phi) is 3.10. The lowest BCUT2D eigenvalue weighted by atomic mass is 10.2. The third kappa shape index (κ3) is 2.18. The largest absolute Gasteiger partial charge is 0.462 e. The van der Waals surface area contributed by atoms with Crippen LogP contribution in [-0.4, -0.2) is 23.6 Å². The molecule has 0 radical (unpaired) electrons. The second kappa shape index (κ2) is 5.04. The first-order valence-electron chi connectivity index (χ1n) is 6.72. The van der Waals surface area contributed by atoms with Crippen molar-refractivity contribution >= 4 is 27.3 Å². The number of thiazole rings is 1. The van der Waals surface area contributed by atoms with Crippen molar-refractivity contribution in [2.75, 3.05) is 0 Å². The van der Waals surface area contributed by atoms with Gasteiger partial charge in [0.1, 0.15) is 4.90 Å². The lowest BCUT2D eigenvalue weighted by Gasteiger charge is -2.13. The average molecular weight is 346 g/mol. The Morgan fingerprint density at radius 1 is 1.17 bits per heavy atom. The Balaban J connectivity index is 1.67. The van der Waals surface area contributed by atoms with Gasteiger partial charge in [-0.05, 0) is 24.3 Å². The van der Waals surface area contributed by atoms with E-state index < -0.39 is 15.9 Å². The number of aromatic nitrogens is 1. The van der Waals surface area contributed by atoms with Crippen LogP contribution in [0.1, 0.15) is 16.1 Å². The normalized spacial score (nSPS) is 15.8. The molecule has 6 nitrogen and oxygen atoms in total. The molecule has 1 amide bonds. The predicted molar refractivity (Wildman–Crippen MR) is 83.3 cm³/mol. The third-order valence-electron chi connectivity index (χ3n) is 3.50. The highest BCUT2D eigenvalue weighted by Gasteiger charge is 2.41. The number of benzene rings is 1. The molecule has 1 aromatic carbocycles. The van der Waals surface area contributed by atoms with Crippen molar-refractivity contribution in [2.24, 2.45) is 0 Å². The highest BCUT2D eigenvalue weighted by molar-refractivity contribution is 7.90. The van der Waals surface area contributed by atoms with Crippen molar-refractivity contribution in [3.8, 4) is 10.8 Å². The lowest BCUT2D eigenvalue weighted by Crippen LogP contribution is -2.29. The number of fused-ring (bicyclic) bond motifs is 1. The smallest absolute Gasteiger partial charge is 0.269 e. The first-order valence-corrected chi connectivity index (χ1v) is 9.04. The van der Waals surface area contributed by atoms with Crippen LogP contribution in [0, 0.1) is 0 Å². The van der Waals surface area contributed by atoms with E-state index in [2.05, 4.69) is 4.98 Å². The maximum absolute atomic E-state index is 12.5. The van der Waals surface area contributed by atoms with E-state index in [0.29, 0.717) is 16.5 Å². The minimum Gasteiger partial charge on any atom is -0.462 e. The number of rotatable bonds is 3. The molecule has 8 heteroatoms. The molecule has 0 bridgehead atoms. The standard InChI is InChI=1S/C15H10N2O4S2/c18-15-11-4-1-2-6-13(11)23(19,20)17(15)8-10-9-22-14(16-10)12-5-3-7-21-12/h1-7,9H,8H2. The molecule has 0 spiro atoms. The number of hydrogen-bond acceptors (Lipinski definition) is 6. The van der Waals surface area contributed by atoms with Gasteiger partial charge in [0.15, 0.2) is 10.8 Å². The summed E-state index contributed by atoms with van der Waals surface area (Å²) in [6, 6.07) is 9.73. The van der Waals surface area contributed by atoms with Crippen LogP contribution in [0.4, 0.5) is 0 Å². The van der Waals surface area contributed by atoms with Gasteiger partial charge in [0.2, 0.25) is 0 Å². The van der Waals surface area contributed by atoms with Gasteiger partial charge in [-0.3, -0.25) is 4.79 Å². The van der Waals surface area contributed by atoms with Gasteiger partial charge < -0.3 is 4.42 Å². The molecule has 2 aromatic heterocycles. The average Bonchev–Trinajstić information content (AvgIpc) is 3.25. The van der Waals surface area contributed by atoms with E-state index in [-0.39, 0.29) is 17.0 Å². The van der Waals surface area contributed by atoms with Crippen molar-refractivity contribution in [3.63, 3.8) is 0 Å². The molecule has 4 rings (SSSR count). The van der Waals surface area contributed by atoms with Gasteiger partial charge in [-0.1, -0.05) is 12.1 Å². The fraction of sp³-hybridized carbons (Fsp3) is 0.0667. The molecule has 0 saturated carbocycles. The van der Waals surface area contributed by atoms with Crippen LogP contribution < -0.4 is 0 Å². The summed E-state index contributed by atoms with van der Waals surface area (Å²) in [6.07, 6.45) is 1.54. The van der Waals surface area contributed by atoms with Crippen molar-refractivity contribution < 1.29 is 17.6 Å². The SMILES string of the molecule is O=C1c2ccccc2S(=O)(=O)N1Cc1csc(-c2ccco2)n1. The number of hydrogen-bond donors (Lipinski definition) is 0. The molecule has 3 heterocycles. The molecule has 116 valence electrons. The topological polar surface area (TPSA) is 80.5 Å². The van der Waals surface area contributed by atoms with Crippen molar-refractivity contribution in [1.29, 1.82) is 0 Å². The third-order valence-corrected chi connectivity index (χ3v) is 6.19. The summed E-state index contributed by atoms with van der Waals surface area (Å²) >= 11 is 1.34. The van der Waals surface area contributed by atoms with Gasteiger partial charge in [0.25, 0.3) is 15.9 Å². The maximum Gasteiger partial charge on any atom is 0.269 e. The molecule has 0 unspecified atom stereocenters. The van der Waals surface area contributed by atoms with E-state index in [1.54, 1.807) is 35.9 Å². The number of carbonyl (C=O) groups excluding carboxylic acids is 1. The van der Waals surface area contributed by atoms with Crippen molar-refractivity contribution in [1.82, 2.24) is 9.29 Å². The summed E-state index contributed by atoms with van der Waals surface area (Å²) in [5.74, 6) is 0.0910. The fourth-order valence-electron chi connectivity index (χ4n) is 2.43. The highest BCUT2D eigenvalue weighted by Crippen LogP contribution is 2.32. The van der Waals surface area contributed by atoms with E-state index in [0.717, 1.165) is 4.31 Å². The molecule has 23 heavy (non-hydrogen) atoms. The maximum atomic E-state index is 12.5. The van der Waals surface area contributed by atoms with E-state index in [1.807, 2.05) is 0 Å². The molecule has 3 aromatic rings. The Morgan fingerprint density at radius 3 is 2.74 bits per heavy atom. The second-order valence-corrected chi connectivity index (χ2v) is 7.62. The summed E-state index contributed by atoms with van der Waals surface area (Å²) in [7, 11) is -3.81. The number of nitrogens with zero attached hydrogens (tertiary/aromatic N) is 2. The summed E-state index contributed by atoms with van der Waals surface area (Å²) in [5.41, 5.74) is 0.708. The van der Waals surface area contributed by atoms with Gasteiger partial charge in [-0.25, -0.2) is 17.7 Å². The predicted octanol–water partition coefficient (Wildman–Crippen LogP) is 2.75. The van der Waals surface area contributed by atoms with E-state index in [9.17, 15) is 13.2 Å². The van der Waals surface area contributed by atoms with Gasteiger partial charge >= 0.3 is 0 Å². The number of sulfonamides is 1. The first kappa shape index (κ1) is 14.2. The summed E-state index contributed by atoms with van der Waals surface area (Å²) in [5, 5.41) is 2.37. The Hall–Kier alpha value is -2.45. The van der Waals surface area contributed by atoms with Crippen molar-refractivity contribution in [2.45, 2.75) is 11.4 Å². The Morgan fingerprint density at radius 2 is 2.00 bits per heavy atom. The van der Waals surface area contributed by atoms with Crippen LogP contribution in [0.5, 0.6) is 0 Å². The minimum absolute atomic E-state index is 0.0477. The molecule has 0 fully saturated rings. The molecule has 0 aliphatic carbocycles. The molecule has 0 atom stereocenters. The fourth-order valence-corrected chi connectivity index (χ4v) is 4.74. The number of amides is 1. The van der Waals surface area contributed by atoms with Crippen molar-refractivity contribution in [3.05, 3.63) is 59.3 Å².